The maximum atomic E-state index is 14.6. The van der Waals surface area contributed by atoms with Crippen LogP contribution in [0.2, 0.25) is 0 Å². The van der Waals surface area contributed by atoms with Crippen LogP contribution >= 0.6 is 11.6 Å². The lowest BCUT2D eigenvalue weighted by molar-refractivity contribution is 0.588. The van der Waals surface area contributed by atoms with E-state index in [9.17, 15) is 18.4 Å². The minimum Gasteiger partial charge on any atom is -0.271 e. The van der Waals surface area contributed by atoms with E-state index in [0.29, 0.717) is 5.56 Å². The summed E-state index contributed by atoms with van der Waals surface area (Å²) in [5, 5.41) is 3.67. The Morgan fingerprint density at radius 3 is 2.40 bits per heavy atom. The van der Waals surface area contributed by atoms with Crippen molar-refractivity contribution in [2.75, 3.05) is 0 Å². The summed E-state index contributed by atoms with van der Waals surface area (Å²) in [4.78, 5) is 23.6. The Kier molecular flexibility index (Phi) is 4.26. The summed E-state index contributed by atoms with van der Waals surface area (Å²) in [5.41, 5.74) is -0.632. The molecule has 0 bridgehead atoms. The predicted molar refractivity (Wildman–Crippen MR) is 89.1 cm³/mol. The molecule has 0 aliphatic heterocycles. The van der Waals surface area contributed by atoms with E-state index in [1.165, 1.54) is 36.4 Å². The summed E-state index contributed by atoms with van der Waals surface area (Å²) in [7, 11) is 0. The van der Waals surface area contributed by atoms with E-state index in [1.807, 2.05) is 4.98 Å². The van der Waals surface area contributed by atoms with Crippen molar-refractivity contribution in [3.63, 3.8) is 0 Å². The molecule has 1 heterocycles. The molecule has 128 valence electrons. The van der Waals surface area contributed by atoms with E-state index in [2.05, 4.69) is 5.10 Å². The summed E-state index contributed by atoms with van der Waals surface area (Å²) in [6, 6.07) is 9.40. The fourth-order valence-corrected chi connectivity index (χ4v) is 2.75. The summed E-state index contributed by atoms with van der Waals surface area (Å²) in [6.07, 6.45) is 0.914. The summed E-state index contributed by atoms with van der Waals surface area (Å²) in [5.74, 6) is -1.09. The highest BCUT2D eigenvalue weighted by Crippen LogP contribution is 2.38. The van der Waals surface area contributed by atoms with E-state index >= 15 is 0 Å². The van der Waals surface area contributed by atoms with Crippen molar-refractivity contribution in [3.05, 3.63) is 92.3 Å². The normalized spacial score (nSPS) is 13.4. The summed E-state index contributed by atoms with van der Waals surface area (Å²) >= 11 is 6.50. The zero-order valence-electron chi connectivity index (χ0n) is 13.0. The van der Waals surface area contributed by atoms with E-state index in [1.54, 1.807) is 6.92 Å². The van der Waals surface area contributed by atoms with Gasteiger partial charge in [-0.15, -0.1) is 11.6 Å². The van der Waals surface area contributed by atoms with Crippen LogP contribution in [0.4, 0.5) is 8.78 Å². The van der Waals surface area contributed by atoms with Gasteiger partial charge in [0, 0.05) is 11.6 Å². The zero-order valence-corrected chi connectivity index (χ0v) is 13.7. The second-order valence-electron chi connectivity index (χ2n) is 5.52. The molecule has 0 saturated heterocycles. The topological polar surface area (TPSA) is 67.8 Å². The van der Waals surface area contributed by atoms with Crippen LogP contribution in [0.3, 0.4) is 0 Å². The molecule has 1 unspecified atom stereocenters. The highest BCUT2D eigenvalue weighted by Gasteiger charge is 2.29. The van der Waals surface area contributed by atoms with Crippen molar-refractivity contribution in [1.82, 2.24) is 14.8 Å². The monoisotopic (exact) mass is 363 g/mol. The van der Waals surface area contributed by atoms with Crippen molar-refractivity contribution >= 4 is 11.6 Å². The van der Waals surface area contributed by atoms with Crippen LogP contribution in [0, 0.1) is 11.6 Å². The quantitative estimate of drug-likeness (QED) is 0.727. The molecule has 3 rings (SSSR count). The predicted octanol–water partition coefficient (Wildman–Crippen LogP) is 2.70. The molecule has 0 saturated carbocycles. The van der Waals surface area contributed by atoms with Crippen molar-refractivity contribution < 1.29 is 8.78 Å². The zero-order chi connectivity index (χ0) is 18.2. The Balaban J connectivity index is 2.06. The number of hydrogen-bond donors (Lipinski definition) is 1. The molecule has 5 nitrogen and oxygen atoms in total. The molecule has 0 radical (unpaired) electrons. The number of aromatic amines is 1. The Morgan fingerprint density at radius 2 is 1.80 bits per heavy atom. The van der Waals surface area contributed by atoms with Crippen LogP contribution in [-0.4, -0.2) is 14.8 Å². The molecule has 2 aromatic carbocycles. The number of alkyl halides is 1. The van der Waals surface area contributed by atoms with Gasteiger partial charge in [0.1, 0.15) is 17.8 Å². The molecule has 0 aliphatic rings. The van der Waals surface area contributed by atoms with Crippen molar-refractivity contribution in [3.8, 4) is 5.69 Å². The van der Waals surface area contributed by atoms with Gasteiger partial charge in [0.15, 0.2) is 0 Å². The van der Waals surface area contributed by atoms with Crippen LogP contribution in [0.1, 0.15) is 18.1 Å². The molecule has 0 fully saturated rings. The van der Waals surface area contributed by atoms with Crippen molar-refractivity contribution in [2.45, 2.75) is 11.8 Å². The lowest BCUT2D eigenvalue weighted by Crippen LogP contribution is -2.30. The highest BCUT2D eigenvalue weighted by molar-refractivity contribution is 6.25. The summed E-state index contributed by atoms with van der Waals surface area (Å²) in [6.45, 7) is 1.59. The number of aromatic nitrogens is 3. The van der Waals surface area contributed by atoms with Crippen LogP contribution in [0.25, 0.3) is 5.69 Å². The van der Waals surface area contributed by atoms with Gasteiger partial charge in [-0.2, -0.15) is 9.78 Å². The Labute approximate surface area is 145 Å². The molecule has 0 spiro atoms. The number of benzene rings is 2. The van der Waals surface area contributed by atoms with Crippen LogP contribution in [0.5, 0.6) is 0 Å². The van der Waals surface area contributed by atoms with Gasteiger partial charge in [0.2, 0.25) is 0 Å². The molecule has 8 heteroatoms. The standard InChI is InChI=1S/C17H12ClF2N3O2/c1-17(18,10-2-4-11(19)5-3-10)13-7-6-12(8-14(13)20)23-16(25)22-15(24)9-21-23/h2-9H,1H3,(H,22,24,25). The average molecular weight is 364 g/mol. The lowest BCUT2D eigenvalue weighted by atomic mass is 9.91. The fraction of sp³-hybridized carbons (Fsp3) is 0.118. The average Bonchev–Trinajstić information content (AvgIpc) is 2.55. The molecular formula is C17H12ClF2N3O2. The second-order valence-corrected chi connectivity index (χ2v) is 6.28. The number of nitrogens with zero attached hydrogens (tertiary/aromatic N) is 2. The smallest absolute Gasteiger partial charge is 0.271 e. The Hall–Kier alpha value is -2.80. The van der Waals surface area contributed by atoms with Gasteiger partial charge < -0.3 is 0 Å². The third-order valence-electron chi connectivity index (χ3n) is 3.80. The van der Waals surface area contributed by atoms with E-state index in [0.717, 1.165) is 16.9 Å². The third-order valence-corrected chi connectivity index (χ3v) is 4.22. The second kappa shape index (κ2) is 6.25. The van der Waals surface area contributed by atoms with Crippen LogP contribution in [0.15, 0.2) is 58.3 Å². The number of hydrogen-bond acceptors (Lipinski definition) is 3. The minimum absolute atomic E-state index is 0.133. The molecule has 1 aromatic heterocycles. The first-order valence-corrected chi connectivity index (χ1v) is 7.61. The van der Waals surface area contributed by atoms with E-state index in [-0.39, 0.29) is 11.3 Å². The lowest BCUT2D eigenvalue weighted by Gasteiger charge is -2.24. The highest BCUT2D eigenvalue weighted by atomic mass is 35.5. The van der Waals surface area contributed by atoms with Gasteiger partial charge in [-0.3, -0.25) is 9.78 Å². The molecule has 25 heavy (non-hydrogen) atoms. The molecule has 0 aliphatic carbocycles. The Bertz CT molecular complexity index is 1040. The minimum atomic E-state index is -1.24. The first kappa shape index (κ1) is 17.0. The number of rotatable bonds is 3. The summed E-state index contributed by atoms with van der Waals surface area (Å²) < 4.78 is 28.6. The fourth-order valence-electron chi connectivity index (χ4n) is 2.47. The van der Waals surface area contributed by atoms with Gasteiger partial charge in [0.05, 0.1) is 10.6 Å². The SMILES string of the molecule is CC(Cl)(c1ccc(F)cc1)c1ccc(-n2ncc(=O)[nH]c2=O)cc1F. The Morgan fingerprint density at radius 1 is 1.12 bits per heavy atom. The van der Waals surface area contributed by atoms with Gasteiger partial charge in [-0.05, 0) is 30.7 Å². The van der Waals surface area contributed by atoms with E-state index < -0.39 is 27.8 Å². The van der Waals surface area contributed by atoms with Crippen LogP contribution in [-0.2, 0) is 4.87 Å². The van der Waals surface area contributed by atoms with Gasteiger partial charge >= 0.3 is 5.69 Å². The van der Waals surface area contributed by atoms with Crippen molar-refractivity contribution in [2.24, 2.45) is 0 Å². The number of H-pyrrole nitrogens is 1. The maximum absolute atomic E-state index is 14.6. The molecular weight excluding hydrogens is 352 g/mol. The van der Waals surface area contributed by atoms with Crippen molar-refractivity contribution in [1.29, 1.82) is 0 Å². The van der Waals surface area contributed by atoms with Gasteiger partial charge in [-0.25, -0.2) is 13.6 Å². The molecule has 0 amide bonds. The maximum Gasteiger partial charge on any atom is 0.349 e. The third kappa shape index (κ3) is 3.23. The van der Waals surface area contributed by atoms with Gasteiger partial charge in [-0.1, -0.05) is 18.2 Å². The molecule has 3 aromatic rings. The number of halogens is 3. The van der Waals surface area contributed by atoms with E-state index in [4.69, 9.17) is 11.6 Å². The molecule has 1 atom stereocenters. The molecule has 1 N–H and O–H groups in total. The van der Waals surface area contributed by atoms with Gasteiger partial charge in [0.25, 0.3) is 5.56 Å². The largest absolute Gasteiger partial charge is 0.349 e. The first-order chi connectivity index (χ1) is 11.8. The number of nitrogens with one attached hydrogen (secondary N) is 1. The van der Waals surface area contributed by atoms with Crippen LogP contribution < -0.4 is 11.2 Å². The first-order valence-electron chi connectivity index (χ1n) is 7.23.